The van der Waals surface area contributed by atoms with Crippen molar-refractivity contribution in [2.24, 2.45) is 0 Å². The zero-order chi connectivity index (χ0) is 12.4. The molecule has 0 aliphatic rings. The molecule has 88 valence electrons. The first-order valence-electron chi connectivity index (χ1n) is 5.24. The summed E-state index contributed by atoms with van der Waals surface area (Å²) in [6, 6.07) is 7.26. The summed E-state index contributed by atoms with van der Waals surface area (Å²) in [6.45, 7) is 1.82. The van der Waals surface area contributed by atoms with E-state index in [1.54, 1.807) is 18.2 Å². The number of rotatable bonds is 3. The van der Waals surface area contributed by atoms with Gasteiger partial charge in [-0.15, -0.1) is 0 Å². The van der Waals surface area contributed by atoms with Crippen molar-refractivity contribution in [2.45, 2.75) is 13.3 Å². The molecule has 0 unspecified atom stereocenters. The minimum absolute atomic E-state index is 0.00891. The summed E-state index contributed by atoms with van der Waals surface area (Å²) in [4.78, 5) is 10.5. The standard InChI is InChI=1S/C13H13NO3/c1-8(2-5-13(15)16)12-7-9-6-10(14)3-4-11(9)17-12/h2-4,6-7H,5,14H2,1H3,(H,15,16)/b8-2+. The summed E-state index contributed by atoms with van der Waals surface area (Å²) < 4.78 is 5.60. The molecule has 17 heavy (non-hydrogen) atoms. The number of nitrogen functional groups attached to an aromatic ring is 1. The number of carboxylic acid groups (broad SMARTS) is 1. The number of benzene rings is 1. The first-order chi connectivity index (χ1) is 8.06. The first kappa shape index (κ1) is 11.3. The van der Waals surface area contributed by atoms with E-state index in [0.717, 1.165) is 16.5 Å². The molecule has 0 aliphatic carbocycles. The lowest BCUT2D eigenvalue weighted by Crippen LogP contribution is -1.90. The van der Waals surface area contributed by atoms with Gasteiger partial charge in [0.05, 0.1) is 6.42 Å². The monoisotopic (exact) mass is 231 g/mol. The quantitative estimate of drug-likeness (QED) is 0.796. The summed E-state index contributed by atoms with van der Waals surface area (Å²) in [5, 5.41) is 9.51. The molecule has 3 N–H and O–H groups in total. The van der Waals surface area contributed by atoms with Gasteiger partial charge in [-0.1, -0.05) is 6.08 Å². The van der Waals surface area contributed by atoms with E-state index in [0.29, 0.717) is 11.4 Å². The fourth-order valence-corrected chi connectivity index (χ4v) is 1.60. The highest BCUT2D eigenvalue weighted by Crippen LogP contribution is 2.26. The Morgan fingerprint density at radius 3 is 2.94 bits per heavy atom. The maximum absolute atomic E-state index is 10.5. The molecule has 0 atom stereocenters. The topological polar surface area (TPSA) is 76.5 Å². The molecule has 0 spiro atoms. The third-order valence-corrected chi connectivity index (χ3v) is 2.51. The van der Waals surface area contributed by atoms with E-state index < -0.39 is 5.97 Å². The predicted octanol–water partition coefficient (Wildman–Crippen LogP) is 2.89. The number of hydrogen-bond donors (Lipinski definition) is 2. The molecule has 1 aromatic heterocycles. The van der Waals surface area contributed by atoms with Gasteiger partial charge < -0.3 is 15.3 Å². The van der Waals surface area contributed by atoms with Crippen LogP contribution >= 0.6 is 0 Å². The molecule has 0 aliphatic heterocycles. The van der Waals surface area contributed by atoms with Crippen LogP contribution in [0.15, 0.2) is 34.8 Å². The molecule has 4 heteroatoms. The lowest BCUT2D eigenvalue weighted by molar-refractivity contribution is -0.135. The lowest BCUT2D eigenvalue weighted by Gasteiger charge is -1.94. The number of hydrogen-bond acceptors (Lipinski definition) is 3. The van der Waals surface area contributed by atoms with Crippen LogP contribution < -0.4 is 5.73 Å². The van der Waals surface area contributed by atoms with Gasteiger partial charge >= 0.3 is 5.97 Å². The first-order valence-corrected chi connectivity index (χ1v) is 5.24. The van der Waals surface area contributed by atoms with Crippen LogP contribution in [0.4, 0.5) is 5.69 Å². The number of anilines is 1. The van der Waals surface area contributed by atoms with E-state index in [-0.39, 0.29) is 6.42 Å². The molecule has 0 saturated carbocycles. The van der Waals surface area contributed by atoms with Gasteiger partial charge in [0.2, 0.25) is 0 Å². The number of allylic oxidation sites excluding steroid dienone is 1. The number of carbonyl (C=O) groups is 1. The Bertz CT molecular complexity index is 596. The Balaban J connectivity index is 2.36. The van der Waals surface area contributed by atoms with E-state index >= 15 is 0 Å². The van der Waals surface area contributed by atoms with Crippen molar-refractivity contribution in [1.29, 1.82) is 0 Å². The highest BCUT2D eigenvalue weighted by Gasteiger charge is 2.06. The van der Waals surface area contributed by atoms with Gasteiger partial charge in [-0.3, -0.25) is 4.79 Å². The van der Waals surface area contributed by atoms with Crippen LogP contribution in [0.3, 0.4) is 0 Å². The van der Waals surface area contributed by atoms with Gasteiger partial charge in [-0.05, 0) is 36.8 Å². The highest BCUT2D eigenvalue weighted by molar-refractivity contribution is 5.84. The van der Waals surface area contributed by atoms with E-state index in [9.17, 15) is 4.79 Å². The summed E-state index contributed by atoms with van der Waals surface area (Å²) in [5.74, 6) is -0.184. The number of carboxylic acids is 1. The normalized spacial score (nSPS) is 11.9. The van der Waals surface area contributed by atoms with Crippen molar-refractivity contribution >= 4 is 28.2 Å². The van der Waals surface area contributed by atoms with Crippen molar-refractivity contribution in [1.82, 2.24) is 0 Å². The van der Waals surface area contributed by atoms with Crippen LogP contribution in [0.1, 0.15) is 19.1 Å². The summed E-state index contributed by atoms with van der Waals surface area (Å²) in [5.41, 5.74) is 7.91. The lowest BCUT2D eigenvalue weighted by atomic mass is 10.1. The summed E-state index contributed by atoms with van der Waals surface area (Å²) >= 11 is 0. The third-order valence-electron chi connectivity index (χ3n) is 2.51. The van der Waals surface area contributed by atoms with E-state index in [1.165, 1.54) is 0 Å². The van der Waals surface area contributed by atoms with Crippen LogP contribution in [-0.2, 0) is 4.79 Å². The SMILES string of the molecule is C/C(=C\CC(=O)O)c1cc2cc(N)ccc2o1. The Hall–Kier alpha value is -2.23. The minimum atomic E-state index is -0.857. The van der Waals surface area contributed by atoms with Gasteiger partial charge in [0.1, 0.15) is 11.3 Å². The molecular weight excluding hydrogens is 218 g/mol. The number of nitrogens with two attached hydrogens (primary N) is 1. The van der Waals surface area contributed by atoms with Gasteiger partial charge in [0.25, 0.3) is 0 Å². The van der Waals surface area contributed by atoms with Crippen LogP contribution in [0.2, 0.25) is 0 Å². The van der Waals surface area contributed by atoms with Crippen molar-refractivity contribution in [2.75, 3.05) is 5.73 Å². The van der Waals surface area contributed by atoms with Gasteiger partial charge in [0, 0.05) is 11.1 Å². The maximum Gasteiger partial charge on any atom is 0.307 e. The predicted molar refractivity (Wildman–Crippen MR) is 66.5 cm³/mol. The zero-order valence-electron chi connectivity index (χ0n) is 9.43. The zero-order valence-corrected chi connectivity index (χ0v) is 9.43. The molecule has 0 radical (unpaired) electrons. The third kappa shape index (κ3) is 2.47. The average molecular weight is 231 g/mol. The fraction of sp³-hybridized carbons (Fsp3) is 0.154. The molecule has 1 heterocycles. The second-order valence-corrected chi connectivity index (χ2v) is 3.89. The van der Waals surface area contributed by atoms with Crippen LogP contribution in [0.25, 0.3) is 16.5 Å². The van der Waals surface area contributed by atoms with E-state index in [4.69, 9.17) is 15.3 Å². The minimum Gasteiger partial charge on any atom is -0.481 e. The second-order valence-electron chi connectivity index (χ2n) is 3.89. The molecule has 0 fully saturated rings. The number of furan rings is 1. The number of aliphatic carboxylic acids is 1. The van der Waals surface area contributed by atoms with E-state index in [2.05, 4.69) is 0 Å². The molecule has 0 amide bonds. The molecular formula is C13H13NO3. The van der Waals surface area contributed by atoms with E-state index in [1.807, 2.05) is 19.1 Å². The summed E-state index contributed by atoms with van der Waals surface area (Å²) in [6.07, 6.45) is 1.62. The Labute approximate surface area is 98.3 Å². The van der Waals surface area contributed by atoms with Crippen LogP contribution in [0.5, 0.6) is 0 Å². The van der Waals surface area contributed by atoms with Crippen molar-refractivity contribution in [3.05, 3.63) is 36.1 Å². The second kappa shape index (κ2) is 4.33. The fourth-order valence-electron chi connectivity index (χ4n) is 1.60. The Kier molecular flexibility index (Phi) is 2.87. The maximum atomic E-state index is 10.5. The number of fused-ring (bicyclic) bond motifs is 1. The van der Waals surface area contributed by atoms with Gasteiger partial charge in [-0.25, -0.2) is 0 Å². The molecule has 0 bridgehead atoms. The molecule has 1 aromatic carbocycles. The smallest absolute Gasteiger partial charge is 0.307 e. The average Bonchev–Trinajstić information content (AvgIpc) is 2.68. The van der Waals surface area contributed by atoms with Gasteiger partial charge in [-0.2, -0.15) is 0 Å². The Morgan fingerprint density at radius 2 is 2.24 bits per heavy atom. The van der Waals surface area contributed by atoms with Gasteiger partial charge in [0.15, 0.2) is 0 Å². The molecule has 2 aromatic rings. The highest BCUT2D eigenvalue weighted by atomic mass is 16.4. The molecule has 4 nitrogen and oxygen atoms in total. The van der Waals surface area contributed by atoms with Crippen molar-refractivity contribution in [3.8, 4) is 0 Å². The Morgan fingerprint density at radius 1 is 1.47 bits per heavy atom. The summed E-state index contributed by atoms with van der Waals surface area (Å²) in [7, 11) is 0. The largest absolute Gasteiger partial charge is 0.481 e. The van der Waals surface area contributed by atoms with Crippen LogP contribution in [0, 0.1) is 0 Å². The molecule has 0 saturated heterocycles. The molecule has 2 rings (SSSR count). The van der Waals surface area contributed by atoms with Crippen molar-refractivity contribution in [3.63, 3.8) is 0 Å². The van der Waals surface area contributed by atoms with Crippen molar-refractivity contribution < 1.29 is 14.3 Å². The van der Waals surface area contributed by atoms with Crippen LogP contribution in [-0.4, -0.2) is 11.1 Å².